The van der Waals surface area contributed by atoms with Crippen LogP contribution in [0.1, 0.15) is 16.8 Å². The first kappa shape index (κ1) is 14.8. The molecule has 0 saturated heterocycles. The van der Waals surface area contributed by atoms with E-state index < -0.39 is 10.0 Å². The third kappa shape index (κ3) is 2.95. The number of aromatic amines is 1. The molecular weight excluding hydrogens is 300 g/mol. The number of nitrogens with two attached hydrogens (primary N) is 1. The Morgan fingerprint density at radius 2 is 2.10 bits per heavy atom. The smallest absolute Gasteiger partial charge is 0.240 e. The molecule has 6 nitrogen and oxygen atoms in total. The number of H-pyrrole nitrogens is 1. The van der Waals surface area contributed by atoms with E-state index in [1.165, 1.54) is 12.1 Å². The summed E-state index contributed by atoms with van der Waals surface area (Å²) in [6.07, 6.45) is 1.58. The molecule has 0 spiro atoms. The van der Waals surface area contributed by atoms with E-state index >= 15 is 0 Å². The van der Waals surface area contributed by atoms with Gasteiger partial charge in [-0.2, -0.15) is 5.10 Å². The minimum atomic E-state index is -3.65. The molecule has 108 valence electrons. The number of aromatic nitrogens is 2. The fraction of sp³-hybridized carbons (Fsp3) is 0.250. The van der Waals surface area contributed by atoms with Gasteiger partial charge in [-0.1, -0.05) is 11.6 Å². The van der Waals surface area contributed by atoms with Crippen LogP contribution >= 0.6 is 11.6 Å². The molecule has 4 N–H and O–H groups in total. The molecule has 0 bridgehead atoms. The van der Waals surface area contributed by atoms with Gasteiger partial charge in [0.1, 0.15) is 0 Å². The van der Waals surface area contributed by atoms with Crippen LogP contribution in [0.25, 0.3) is 0 Å². The molecule has 1 aromatic heterocycles. The van der Waals surface area contributed by atoms with Crippen LogP contribution in [0, 0.1) is 13.8 Å². The summed E-state index contributed by atoms with van der Waals surface area (Å²) >= 11 is 5.93. The third-order valence-electron chi connectivity index (χ3n) is 2.95. The molecule has 1 heterocycles. The first-order chi connectivity index (χ1) is 9.31. The number of sulfonamides is 1. The minimum absolute atomic E-state index is 0.0954. The number of rotatable bonds is 4. The van der Waals surface area contributed by atoms with Gasteiger partial charge in [0.15, 0.2) is 0 Å². The lowest BCUT2D eigenvalue weighted by Gasteiger charge is -2.09. The second-order valence-corrected chi connectivity index (χ2v) is 6.63. The van der Waals surface area contributed by atoms with Crippen LogP contribution in [0.2, 0.25) is 5.02 Å². The third-order valence-corrected chi connectivity index (χ3v) is 4.85. The summed E-state index contributed by atoms with van der Waals surface area (Å²) in [6, 6.07) is 2.84. The van der Waals surface area contributed by atoms with Crippen LogP contribution in [0.5, 0.6) is 0 Å². The molecule has 0 atom stereocenters. The topological polar surface area (TPSA) is 101 Å². The summed E-state index contributed by atoms with van der Waals surface area (Å²) in [6.45, 7) is 3.69. The predicted octanol–water partition coefficient (Wildman–Crippen LogP) is 1.74. The van der Waals surface area contributed by atoms with Crippen LogP contribution in [-0.4, -0.2) is 18.6 Å². The maximum Gasteiger partial charge on any atom is 0.240 e. The average molecular weight is 315 g/mol. The Kier molecular flexibility index (Phi) is 4.03. The lowest BCUT2D eigenvalue weighted by molar-refractivity contribution is 0.581. The molecule has 0 radical (unpaired) electrons. The Balaban J connectivity index is 2.25. The molecule has 8 heteroatoms. The molecule has 1 aromatic carbocycles. The highest BCUT2D eigenvalue weighted by Crippen LogP contribution is 2.26. The van der Waals surface area contributed by atoms with Crippen LogP contribution < -0.4 is 10.5 Å². The Morgan fingerprint density at radius 1 is 1.40 bits per heavy atom. The molecular formula is C12H15ClN4O2S. The summed E-state index contributed by atoms with van der Waals surface area (Å²) in [7, 11) is -3.65. The number of aryl methyl sites for hydroxylation is 2. The molecule has 0 unspecified atom stereocenters. The zero-order valence-electron chi connectivity index (χ0n) is 11.1. The summed E-state index contributed by atoms with van der Waals surface area (Å²) in [5, 5.41) is 6.96. The number of anilines is 1. The highest BCUT2D eigenvalue weighted by atomic mass is 35.5. The number of nitrogen functional groups attached to an aromatic ring is 1. The van der Waals surface area contributed by atoms with E-state index in [9.17, 15) is 8.42 Å². The number of benzene rings is 1. The SMILES string of the molecule is Cc1cc(S(=O)(=O)NCc2cn[nH]c2C)cc(N)c1Cl. The Bertz CT molecular complexity index is 717. The Labute approximate surface area is 122 Å². The van der Waals surface area contributed by atoms with E-state index in [-0.39, 0.29) is 17.1 Å². The second kappa shape index (κ2) is 5.43. The van der Waals surface area contributed by atoms with Crippen molar-refractivity contribution in [2.24, 2.45) is 0 Å². The van der Waals surface area contributed by atoms with Gasteiger partial charge in [-0.05, 0) is 31.5 Å². The van der Waals surface area contributed by atoms with Crippen molar-refractivity contribution in [2.45, 2.75) is 25.3 Å². The number of halogens is 1. The second-order valence-electron chi connectivity index (χ2n) is 4.49. The molecule has 0 aliphatic rings. The van der Waals surface area contributed by atoms with Crippen molar-refractivity contribution in [2.75, 3.05) is 5.73 Å². The van der Waals surface area contributed by atoms with Crippen LogP contribution in [0.4, 0.5) is 5.69 Å². The highest BCUT2D eigenvalue weighted by Gasteiger charge is 2.17. The van der Waals surface area contributed by atoms with Gasteiger partial charge in [-0.25, -0.2) is 13.1 Å². The monoisotopic (exact) mass is 314 g/mol. The summed E-state index contributed by atoms with van der Waals surface area (Å²) in [5.74, 6) is 0. The normalized spacial score (nSPS) is 11.8. The van der Waals surface area contributed by atoms with Crippen molar-refractivity contribution in [1.82, 2.24) is 14.9 Å². The van der Waals surface area contributed by atoms with Crippen molar-refractivity contribution in [3.05, 3.63) is 40.2 Å². The van der Waals surface area contributed by atoms with Gasteiger partial charge in [0.25, 0.3) is 0 Å². The molecule has 2 aromatic rings. The first-order valence-corrected chi connectivity index (χ1v) is 7.71. The van der Waals surface area contributed by atoms with Gasteiger partial charge in [0.2, 0.25) is 10.0 Å². The van der Waals surface area contributed by atoms with Crippen LogP contribution in [0.3, 0.4) is 0 Å². The van der Waals surface area contributed by atoms with Gasteiger partial charge >= 0.3 is 0 Å². The first-order valence-electron chi connectivity index (χ1n) is 5.85. The van der Waals surface area contributed by atoms with Crippen LogP contribution in [0.15, 0.2) is 23.2 Å². The zero-order valence-corrected chi connectivity index (χ0v) is 12.6. The predicted molar refractivity (Wildman–Crippen MR) is 78.0 cm³/mol. The molecule has 0 saturated carbocycles. The van der Waals surface area contributed by atoms with E-state index in [2.05, 4.69) is 14.9 Å². The lowest BCUT2D eigenvalue weighted by Crippen LogP contribution is -2.23. The van der Waals surface area contributed by atoms with E-state index in [1.807, 2.05) is 6.92 Å². The maximum atomic E-state index is 12.2. The summed E-state index contributed by atoms with van der Waals surface area (Å²) < 4.78 is 26.9. The summed E-state index contributed by atoms with van der Waals surface area (Å²) in [5.41, 5.74) is 8.16. The van der Waals surface area contributed by atoms with E-state index in [4.69, 9.17) is 17.3 Å². The fourth-order valence-corrected chi connectivity index (χ4v) is 2.96. The zero-order chi connectivity index (χ0) is 14.9. The molecule has 0 aliphatic carbocycles. The number of nitrogens with zero attached hydrogens (tertiary/aromatic N) is 1. The standard InChI is InChI=1S/C12H15ClN4O2S/c1-7-3-10(4-11(14)12(7)13)20(18,19)16-6-9-5-15-17-8(9)2/h3-5,16H,6,14H2,1-2H3,(H,15,17). The van der Waals surface area contributed by atoms with E-state index in [1.54, 1.807) is 13.1 Å². The molecule has 20 heavy (non-hydrogen) atoms. The molecule has 0 aliphatic heterocycles. The lowest BCUT2D eigenvalue weighted by atomic mass is 10.2. The van der Waals surface area contributed by atoms with Gasteiger partial charge in [-0.3, -0.25) is 5.10 Å². The largest absolute Gasteiger partial charge is 0.397 e. The maximum absolute atomic E-state index is 12.2. The number of hydrogen-bond donors (Lipinski definition) is 3. The van der Waals surface area contributed by atoms with Crippen molar-refractivity contribution in [3.8, 4) is 0 Å². The summed E-state index contributed by atoms with van der Waals surface area (Å²) in [4.78, 5) is 0.0954. The highest BCUT2D eigenvalue weighted by molar-refractivity contribution is 7.89. The van der Waals surface area contributed by atoms with Crippen LogP contribution in [-0.2, 0) is 16.6 Å². The molecule has 0 amide bonds. The van der Waals surface area contributed by atoms with E-state index in [0.717, 1.165) is 11.3 Å². The van der Waals surface area contributed by atoms with Gasteiger partial charge in [0, 0.05) is 17.8 Å². The van der Waals surface area contributed by atoms with Gasteiger partial charge in [0.05, 0.1) is 21.8 Å². The van der Waals surface area contributed by atoms with Crippen molar-refractivity contribution >= 4 is 27.3 Å². The van der Waals surface area contributed by atoms with E-state index in [0.29, 0.717) is 10.6 Å². The van der Waals surface area contributed by atoms with Crippen molar-refractivity contribution < 1.29 is 8.42 Å². The fourth-order valence-electron chi connectivity index (χ4n) is 1.73. The minimum Gasteiger partial charge on any atom is -0.397 e. The Hall–Kier alpha value is -1.57. The number of hydrogen-bond acceptors (Lipinski definition) is 4. The number of nitrogens with one attached hydrogen (secondary N) is 2. The molecule has 0 fully saturated rings. The quantitative estimate of drug-likeness (QED) is 0.748. The van der Waals surface area contributed by atoms with Crippen molar-refractivity contribution in [3.63, 3.8) is 0 Å². The molecule has 2 rings (SSSR count). The van der Waals surface area contributed by atoms with Crippen molar-refractivity contribution in [1.29, 1.82) is 0 Å². The van der Waals surface area contributed by atoms with Gasteiger partial charge < -0.3 is 5.73 Å². The Morgan fingerprint density at radius 3 is 2.65 bits per heavy atom. The average Bonchev–Trinajstić information content (AvgIpc) is 2.78. The van der Waals surface area contributed by atoms with Gasteiger partial charge in [-0.15, -0.1) is 0 Å².